The van der Waals surface area contributed by atoms with Crippen LogP contribution in [0, 0.1) is 7.14 Å². The van der Waals surface area contributed by atoms with E-state index in [0.29, 0.717) is 23.0 Å². The molecule has 1 saturated heterocycles. The van der Waals surface area contributed by atoms with Crippen LogP contribution in [0.3, 0.4) is 0 Å². The van der Waals surface area contributed by atoms with E-state index in [-0.39, 0.29) is 17.7 Å². The van der Waals surface area contributed by atoms with Crippen molar-refractivity contribution in [1.29, 1.82) is 0 Å². The number of ether oxygens (including phenoxy) is 2. The van der Waals surface area contributed by atoms with Crippen LogP contribution in [0.2, 0.25) is 0 Å². The van der Waals surface area contributed by atoms with E-state index in [2.05, 4.69) is 51.8 Å². The van der Waals surface area contributed by atoms with E-state index in [9.17, 15) is 9.59 Å². The van der Waals surface area contributed by atoms with Crippen molar-refractivity contribution >= 4 is 74.2 Å². The van der Waals surface area contributed by atoms with Crippen LogP contribution in [-0.4, -0.2) is 29.7 Å². The normalized spacial score (nSPS) is 15.1. The number of hydrogen-bond donors (Lipinski definition) is 0. The SMILES string of the molecule is C=CCN1C(=O)S/C(=C/c2cc(I)c(OCc3ccc(I)cc3)c(OC)c2)C1=O. The third-order valence-corrected chi connectivity index (χ3v) is 6.46. The van der Waals surface area contributed by atoms with Crippen LogP contribution in [0.25, 0.3) is 6.08 Å². The van der Waals surface area contributed by atoms with Crippen molar-refractivity contribution < 1.29 is 19.1 Å². The summed E-state index contributed by atoms with van der Waals surface area (Å²) in [6, 6.07) is 11.8. The molecule has 1 heterocycles. The Labute approximate surface area is 200 Å². The molecule has 2 aromatic rings. The second kappa shape index (κ2) is 9.98. The minimum absolute atomic E-state index is 0.203. The van der Waals surface area contributed by atoms with Crippen LogP contribution in [0.15, 0.2) is 54.0 Å². The summed E-state index contributed by atoms with van der Waals surface area (Å²) in [7, 11) is 1.57. The Balaban J connectivity index is 1.83. The molecule has 0 bridgehead atoms. The van der Waals surface area contributed by atoms with Gasteiger partial charge in [0.05, 0.1) is 15.6 Å². The first-order valence-electron chi connectivity index (χ1n) is 8.54. The lowest BCUT2D eigenvalue weighted by molar-refractivity contribution is -0.122. The Kier molecular flexibility index (Phi) is 7.63. The molecule has 2 amide bonds. The van der Waals surface area contributed by atoms with Crippen molar-refractivity contribution in [2.75, 3.05) is 13.7 Å². The van der Waals surface area contributed by atoms with Crippen LogP contribution in [-0.2, 0) is 11.4 Å². The number of carbonyl (C=O) groups excluding carboxylic acids is 2. The number of thioether (sulfide) groups is 1. The zero-order valence-corrected chi connectivity index (χ0v) is 20.6. The fraction of sp³-hybridized carbons (Fsp3) is 0.143. The number of benzene rings is 2. The molecule has 0 aliphatic carbocycles. The van der Waals surface area contributed by atoms with E-state index in [1.165, 1.54) is 14.5 Å². The molecule has 1 fully saturated rings. The number of methoxy groups -OCH3 is 1. The number of imide groups is 1. The van der Waals surface area contributed by atoms with Gasteiger partial charge in [-0.1, -0.05) is 18.2 Å². The highest BCUT2D eigenvalue weighted by Crippen LogP contribution is 2.37. The predicted molar refractivity (Wildman–Crippen MR) is 132 cm³/mol. The van der Waals surface area contributed by atoms with Crippen LogP contribution >= 0.6 is 56.9 Å². The zero-order valence-electron chi connectivity index (χ0n) is 15.5. The van der Waals surface area contributed by atoms with E-state index >= 15 is 0 Å². The van der Waals surface area contributed by atoms with Gasteiger partial charge in [0.2, 0.25) is 0 Å². The molecular formula is C21H17I2NO4S. The first-order valence-corrected chi connectivity index (χ1v) is 11.5. The maximum absolute atomic E-state index is 12.4. The molecule has 0 atom stereocenters. The molecule has 1 aliphatic rings. The maximum Gasteiger partial charge on any atom is 0.293 e. The summed E-state index contributed by atoms with van der Waals surface area (Å²) in [6.07, 6.45) is 3.23. The Morgan fingerprint density at radius 3 is 2.55 bits per heavy atom. The molecule has 3 rings (SSSR count). The van der Waals surface area contributed by atoms with Crippen molar-refractivity contribution in [2.45, 2.75) is 6.61 Å². The van der Waals surface area contributed by atoms with Gasteiger partial charge >= 0.3 is 0 Å². The number of halogens is 2. The number of carbonyl (C=O) groups is 2. The van der Waals surface area contributed by atoms with Gasteiger partial charge in [-0.3, -0.25) is 14.5 Å². The lowest BCUT2D eigenvalue weighted by Gasteiger charge is -2.14. The van der Waals surface area contributed by atoms with E-state index in [4.69, 9.17) is 9.47 Å². The van der Waals surface area contributed by atoms with Gasteiger partial charge in [0.15, 0.2) is 11.5 Å². The Morgan fingerprint density at radius 2 is 1.90 bits per heavy atom. The Morgan fingerprint density at radius 1 is 1.17 bits per heavy atom. The summed E-state index contributed by atoms with van der Waals surface area (Å²) in [5, 5.41) is -0.291. The number of amides is 2. The van der Waals surface area contributed by atoms with Crippen LogP contribution in [0.4, 0.5) is 4.79 Å². The molecular weight excluding hydrogens is 616 g/mol. The molecule has 2 aromatic carbocycles. The molecule has 0 spiro atoms. The molecule has 0 saturated carbocycles. The molecule has 0 aromatic heterocycles. The molecule has 0 unspecified atom stereocenters. The second-order valence-electron chi connectivity index (χ2n) is 6.03. The first-order chi connectivity index (χ1) is 13.9. The van der Waals surface area contributed by atoms with Crippen molar-refractivity contribution in [3.05, 3.63) is 72.2 Å². The Hall–Kier alpha value is -1.53. The summed E-state index contributed by atoms with van der Waals surface area (Å²) < 4.78 is 13.5. The molecule has 5 nitrogen and oxygen atoms in total. The van der Waals surface area contributed by atoms with Crippen molar-refractivity contribution in [3.63, 3.8) is 0 Å². The first kappa shape index (κ1) is 22.2. The minimum atomic E-state index is -0.312. The van der Waals surface area contributed by atoms with Gasteiger partial charge in [-0.2, -0.15) is 0 Å². The molecule has 8 heteroatoms. The fourth-order valence-electron chi connectivity index (χ4n) is 2.64. The van der Waals surface area contributed by atoms with Crippen molar-refractivity contribution in [1.82, 2.24) is 4.90 Å². The van der Waals surface area contributed by atoms with Gasteiger partial charge < -0.3 is 9.47 Å². The smallest absolute Gasteiger partial charge is 0.293 e. The molecule has 29 heavy (non-hydrogen) atoms. The van der Waals surface area contributed by atoms with Crippen LogP contribution in [0.1, 0.15) is 11.1 Å². The molecule has 1 aliphatic heterocycles. The highest BCUT2D eigenvalue weighted by Gasteiger charge is 2.34. The summed E-state index contributed by atoms with van der Waals surface area (Å²) in [5.74, 6) is 0.899. The second-order valence-corrected chi connectivity index (χ2v) is 9.43. The summed E-state index contributed by atoms with van der Waals surface area (Å²) in [5.41, 5.74) is 1.82. The summed E-state index contributed by atoms with van der Waals surface area (Å²) >= 11 is 5.37. The van der Waals surface area contributed by atoms with Gasteiger partial charge in [0, 0.05) is 10.1 Å². The highest BCUT2D eigenvalue weighted by molar-refractivity contribution is 14.1. The average molecular weight is 633 g/mol. The standard InChI is InChI=1S/C21H17I2NO4S/c1-3-8-24-20(25)18(29-21(24)26)11-14-9-16(23)19(17(10-14)27-2)28-12-13-4-6-15(22)7-5-13/h3-7,9-11H,1,8,12H2,2H3/b18-11+. The number of nitrogens with zero attached hydrogens (tertiary/aromatic N) is 1. The maximum atomic E-state index is 12.4. The van der Waals surface area contributed by atoms with E-state index in [0.717, 1.165) is 26.5 Å². The van der Waals surface area contributed by atoms with Gasteiger partial charge in [0.1, 0.15) is 6.61 Å². The molecule has 150 valence electrons. The third kappa shape index (κ3) is 5.34. The number of hydrogen-bond acceptors (Lipinski definition) is 5. The highest BCUT2D eigenvalue weighted by atomic mass is 127. The minimum Gasteiger partial charge on any atom is -0.493 e. The fourth-order valence-corrected chi connectivity index (χ4v) is 4.63. The number of rotatable bonds is 7. The van der Waals surface area contributed by atoms with Gasteiger partial charge in [-0.05, 0) is 98.4 Å². The largest absolute Gasteiger partial charge is 0.493 e. The zero-order chi connectivity index (χ0) is 21.0. The lowest BCUT2D eigenvalue weighted by atomic mass is 10.1. The summed E-state index contributed by atoms with van der Waals surface area (Å²) in [4.78, 5) is 26.0. The van der Waals surface area contributed by atoms with Crippen LogP contribution < -0.4 is 9.47 Å². The monoisotopic (exact) mass is 633 g/mol. The average Bonchev–Trinajstić information content (AvgIpc) is 2.96. The lowest BCUT2D eigenvalue weighted by Crippen LogP contribution is -2.27. The van der Waals surface area contributed by atoms with Gasteiger partial charge in [0.25, 0.3) is 11.1 Å². The van der Waals surface area contributed by atoms with E-state index in [1.807, 2.05) is 30.3 Å². The topological polar surface area (TPSA) is 55.8 Å². The summed E-state index contributed by atoms with van der Waals surface area (Å²) in [6.45, 7) is 4.21. The van der Waals surface area contributed by atoms with Crippen LogP contribution in [0.5, 0.6) is 11.5 Å². The van der Waals surface area contributed by atoms with Crippen molar-refractivity contribution in [2.24, 2.45) is 0 Å². The third-order valence-electron chi connectivity index (χ3n) is 4.03. The molecule has 0 N–H and O–H groups in total. The van der Waals surface area contributed by atoms with Gasteiger partial charge in [-0.15, -0.1) is 6.58 Å². The Bertz CT molecular complexity index is 989. The van der Waals surface area contributed by atoms with E-state index < -0.39 is 0 Å². The molecule has 0 radical (unpaired) electrons. The van der Waals surface area contributed by atoms with E-state index in [1.54, 1.807) is 19.3 Å². The van der Waals surface area contributed by atoms with Gasteiger partial charge in [-0.25, -0.2) is 0 Å². The van der Waals surface area contributed by atoms with Crippen molar-refractivity contribution in [3.8, 4) is 11.5 Å². The predicted octanol–water partition coefficient (Wildman–Crippen LogP) is 5.71. The quantitative estimate of drug-likeness (QED) is 0.223.